The van der Waals surface area contributed by atoms with Crippen molar-refractivity contribution >= 4 is 29.8 Å². The van der Waals surface area contributed by atoms with E-state index in [0.717, 1.165) is 24.0 Å². The first-order chi connectivity index (χ1) is 14.2. The van der Waals surface area contributed by atoms with E-state index < -0.39 is 0 Å². The van der Waals surface area contributed by atoms with Crippen molar-refractivity contribution in [3.63, 3.8) is 0 Å². The van der Waals surface area contributed by atoms with Gasteiger partial charge >= 0.3 is 0 Å². The Labute approximate surface area is 176 Å². The largest absolute Gasteiger partial charge is 0.348 e. The van der Waals surface area contributed by atoms with E-state index in [9.17, 15) is 4.79 Å². The Morgan fingerprint density at radius 3 is 2.48 bits per heavy atom. The average Bonchev–Trinajstić information content (AvgIpc) is 3.20. The van der Waals surface area contributed by atoms with E-state index in [4.69, 9.17) is 0 Å². The first-order valence-corrected chi connectivity index (χ1v) is 10.7. The summed E-state index contributed by atoms with van der Waals surface area (Å²) in [6, 6.07) is 20.1. The van der Waals surface area contributed by atoms with E-state index in [1.165, 1.54) is 11.8 Å². The Balaban J connectivity index is 1.58. The molecule has 0 saturated heterocycles. The summed E-state index contributed by atoms with van der Waals surface area (Å²) in [5, 5.41) is 10.6. The van der Waals surface area contributed by atoms with Crippen molar-refractivity contribution in [3.05, 3.63) is 77.6 Å². The van der Waals surface area contributed by atoms with E-state index in [0.29, 0.717) is 11.0 Å². The monoisotopic (exact) mass is 406 g/mol. The molecule has 3 rings (SSSR count). The first kappa shape index (κ1) is 20.9. The molecule has 3 aromatic rings. The molecular weight excluding hydrogens is 380 g/mol. The van der Waals surface area contributed by atoms with Gasteiger partial charge in [-0.15, -0.1) is 5.10 Å². The van der Waals surface area contributed by atoms with Crippen LogP contribution < -0.4 is 5.32 Å². The summed E-state index contributed by atoms with van der Waals surface area (Å²) in [6.07, 6.45) is 5.76. The Hall–Kier alpha value is -2.86. The van der Waals surface area contributed by atoms with Gasteiger partial charge in [-0.1, -0.05) is 91.8 Å². The average molecular weight is 407 g/mol. The molecule has 5 nitrogen and oxygen atoms in total. The topological polar surface area (TPSA) is 70.7 Å². The molecule has 1 heterocycles. The normalized spacial score (nSPS) is 13.3. The van der Waals surface area contributed by atoms with Crippen molar-refractivity contribution in [1.82, 2.24) is 20.5 Å². The van der Waals surface area contributed by atoms with E-state index in [2.05, 4.69) is 39.6 Å². The van der Waals surface area contributed by atoms with Gasteiger partial charge in [-0.2, -0.15) is 0 Å². The molecule has 0 aliphatic carbocycles. The van der Waals surface area contributed by atoms with Crippen LogP contribution in [0.15, 0.2) is 65.8 Å². The zero-order valence-corrected chi connectivity index (χ0v) is 17.5. The van der Waals surface area contributed by atoms with Gasteiger partial charge in [0.1, 0.15) is 5.82 Å². The summed E-state index contributed by atoms with van der Waals surface area (Å²) >= 11 is 1.35. The van der Waals surface area contributed by atoms with Crippen molar-refractivity contribution in [1.29, 1.82) is 0 Å². The van der Waals surface area contributed by atoms with Gasteiger partial charge in [0.25, 0.3) is 0 Å². The molecule has 0 aliphatic heterocycles. The lowest BCUT2D eigenvalue weighted by Gasteiger charge is -2.20. The predicted octanol–water partition coefficient (Wildman–Crippen LogP) is 5.11. The standard InChI is InChI=1S/C23H26N4OS/c1-3-10-20(19-13-8-5-9-14-19)24-22(28)17(2)29-23-25-21(26-27-23)16-15-18-11-6-4-7-12-18/h4-9,11-17,20H,3,10H2,1-2H3,(H,24,28)(H,25,26,27)/b16-15+. The lowest BCUT2D eigenvalue weighted by molar-refractivity contribution is -0.121. The van der Waals surface area contributed by atoms with Gasteiger partial charge in [-0.05, 0) is 30.5 Å². The number of carbonyl (C=O) groups is 1. The number of hydrogen-bond acceptors (Lipinski definition) is 4. The van der Waals surface area contributed by atoms with Gasteiger partial charge in [0.2, 0.25) is 11.1 Å². The maximum Gasteiger partial charge on any atom is 0.233 e. The number of benzene rings is 2. The number of thioether (sulfide) groups is 1. The van der Waals surface area contributed by atoms with Gasteiger partial charge < -0.3 is 5.32 Å². The molecule has 0 fully saturated rings. The molecule has 0 radical (unpaired) electrons. The van der Waals surface area contributed by atoms with E-state index >= 15 is 0 Å². The maximum absolute atomic E-state index is 12.7. The third-order valence-corrected chi connectivity index (χ3v) is 5.42. The molecule has 0 aliphatic rings. The number of aromatic nitrogens is 3. The van der Waals surface area contributed by atoms with Gasteiger partial charge in [0.05, 0.1) is 11.3 Å². The molecular formula is C23H26N4OS. The van der Waals surface area contributed by atoms with Crippen molar-refractivity contribution in [2.24, 2.45) is 0 Å². The van der Waals surface area contributed by atoms with Crippen LogP contribution in [0.1, 0.15) is 49.7 Å². The fourth-order valence-electron chi connectivity index (χ4n) is 2.92. The summed E-state index contributed by atoms with van der Waals surface area (Å²) < 4.78 is 0. The maximum atomic E-state index is 12.7. The molecule has 0 spiro atoms. The Kier molecular flexibility index (Phi) is 7.64. The van der Waals surface area contributed by atoms with Gasteiger partial charge in [0, 0.05) is 0 Å². The molecule has 2 atom stereocenters. The lowest BCUT2D eigenvalue weighted by atomic mass is 10.0. The fourth-order valence-corrected chi connectivity index (χ4v) is 3.66. The number of aromatic amines is 1. The second-order valence-electron chi connectivity index (χ2n) is 6.77. The highest BCUT2D eigenvalue weighted by Gasteiger charge is 2.20. The van der Waals surface area contributed by atoms with Crippen LogP contribution in [0, 0.1) is 0 Å². The number of amides is 1. The van der Waals surface area contributed by atoms with Crippen molar-refractivity contribution in [2.45, 2.75) is 43.1 Å². The van der Waals surface area contributed by atoms with Crippen molar-refractivity contribution in [3.8, 4) is 0 Å². The number of carbonyl (C=O) groups excluding carboxylic acids is 1. The Morgan fingerprint density at radius 1 is 1.10 bits per heavy atom. The quantitative estimate of drug-likeness (QED) is 0.484. The van der Waals surface area contributed by atoms with E-state index in [-0.39, 0.29) is 17.2 Å². The van der Waals surface area contributed by atoms with Crippen molar-refractivity contribution in [2.75, 3.05) is 0 Å². The number of H-pyrrole nitrogens is 1. The second-order valence-corrected chi connectivity index (χ2v) is 8.08. The van der Waals surface area contributed by atoms with Crippen LogP contribution in [0.3, 0.4) is 0 Å². The second kappa shape index (κ2) is 10.6. The summed E-state index contributed by atoms with van der Waals surface area (Å²) in [4.78, 5) is 17.2. The lowest BCUT2D eigenvalue weighted by Crippen LogP contribution is -2.34. The van der Waals surface area contributed by atoms with Crippen LogP contribution >= 0.6 is 11.8 Å². The predicted molar refractivity (Wildman–Crippen MR) is 119 cm³/mol. The minimum atomic E-state index is -0.292. The third-order valence-electron chi connectivity index (χ3n) is 4.46. The van der Waals surface area contributed by atoms with Crippen molar-refractivity contribution < 1.29 is 4.79 Å². The molecule has 2 N–H and O–H groups in total. The number of rotatable bonds is 9. The molecule has 2 aromatic carbocycles. The number of nitrogens with zero attached hydrogens (tertiary/aromatic N) is 2. The minimum absolute atomic E-state index is 0.0107. The van der Waals surface area contributed by atoms with Crippen LogP contribution in [0.5, 0.6) is 0 Å². The highest BCUT2D eigenvalue weighted by atomic mass is 32.2. The summed E-state index contributed by atoms with van der Waals surface area (Å²) in [5.74, 6) is 0.653. The molecule has 0 bridgehead atoms. The molecule has 6 heteroatoms. The zero-order valence-electron chi connectivity index (χ0n) is 16.7. The van der Waals surface area contributed by atoms with E-state index in [1.54, 1.807) is 0 Å². The number of nitrogens with one attached hydrogen (secondary N) is 2. The van der Waals surface area contributed by atoms with Gasteiger partial charge in [0.15, 0.2) is 0 Å². The molecule has 29 heavy (non-hydrogen) atoms. The van der Waals surface area contributed by atoms with E-state index in [1.807, 2.05) is 67.6 Å². The molecule has 1 aromatic heterocycles. The van der Waals surface area contributed by atoms with Gasteiger partial charge in [-0.25, -0.2) is 4.98 Å². The third kappa shape index (κ3) is 6.32. The Bertz CT molecular complexity index is 924. The summed E-state index contributed by atoms with van der Waals surface area (Å²) in [6.45, 7) is 4.00. The molecule has 150 valence electrons. The van der Waals surface area contributed by atoms with Crippen LogP contribution in [-0.4, -0.2) is 26.3 Å². The SMILES string of the molecule is CCCC(NC(=O)C(C)Sc1n[nH]c(/C=C/c2ccccc2)n1)c1ccccc1. The van der Waals surface area contributed by atoms with Gasteiger partial charge in [-0.3, -0.25) is 9.89 Å². The fraction of sp³-hybridized carbons (Fsp3) is 0.261. The molecule has 1 amide bonds. The van der Waals surface area contributed by atoms with Crippen LogP contribution in [0.4, 0.5) is 0 Å². The first-order valence-electron chi connectivity index (χ1n) is 9.83. The van der Waals surface area contributed by atoms with Crippen LogP contribution in [-0.2, 0) is 4.79 Å². The minimum Gasteiger partial charge on any atom is -0.348 e. The Morgan fingerprint density at radius 2 is 1.79 bits per heavy atom. The molecule has 2 unspecified atom stereocenters. The smallest absolute Gasteiger partial charge is 0.233 e. The summed E-state index contributed by atoms with van der Waals surface area (Å²) in [5.41, 5.74) is 2.22. The number of hydrogen-bond donors (Lipinski definition) is 2. The highest BCUT2D eigenvalue weighted by Crippen LogP contribution is 2.23. The summed E-state index contributed by atoms with van der Waals surface area (Å²) in [7, 11) is 0. The zero-order chi connectivity index (χ0) is 20.5. The highest BCUT2D eigenvalue weighted by molar-refractivity contribution is 8.00. The van der Waals surface area contributed by atoms with Crippen LogP contribution in [0.25, 0.3) is 12.2 Å². The molecule has 0 saturated carbocycles. The van der Waals surface area contributed by atoms with Crippen LogP contribution in [0.2, 0.25) is 0 Å².